The van der Waals surface area contributed by atoms with E-state index in [0.29, 0.717) is 23.4 Å². The number of halogens is 1. The molecule has 1 saturated heterocycles. The van der Waals surface area contributed by atoms with Gasteiger partial charge in [-0.1, -0.05) is 30.8 Å². The average Bonchev–Trinajstić information content (AvgIpc) is 2.91. The standard InChI is InChI=1S/C28H36ClN7O/c1-20(21(2)30-3)19-35(5)25-8-6-7-9-26(25)37-27-24(29)18-31-28(33-27)32-22-10-12-23(13-11-22)36-16-14-34(4)15-17-36/h6,8,10-13,18,30H,1-2,7,9,14-17,19H2,3-5H3,(H,31,32,33). The van der Waals surface area contributed by atoms with Crippen LogP contribution in [0.25, 0.3) is 0 Å². The number of nitrogens with one attached hydrogen (secondary N) is 2. The van der Waals surface area contributed by atoms with Gasteiger partial charge >= 0.3 is 0 Å². The molecular weight excluding hydrogens is 486 g/mol. The second-order valence-electron chi connectivity index (χ2n) is 9.35. The van der Waals surface area contributed by atoms with Gasteiger partial charge < -0.3 is 30.1 Å². The highest BCUT2D eigenvalue weighted by Gasteiger charge is 2.19. The van der Waals surface area contributed by atoms with Crippen LogP contribution in [0.15, 0.2) is 78.5 Å². The number of hydrogen-bond donors (Lipinski definition) is 2. The number of ether oxygens (including phenoxy) is 1. The van der Waals surface area contributed by atoms with E-state index in [1.165, 1.54) is 5.69 Å². The number of anilines is 3. The van der Waals surface area contributed by atoms with Gasteiger partial charge in [-0.25, -0.2) is 4.98 Å². The van der Waals surface area contributed by atoms with Gasteiger partial charge in [0.25, 0.3) is 0 Å². The third-order valence-electron chi connectivity index (χ3n) is 6.59. The van der Waals surface area contributed by atoms with Gasteiger partial charge in [-0.15, -0.1) is 0 Å². The third kappa shape index (κ3) is 6.84. The first-order chi connectivity index (χ1) is 17.8. The van der Waals surface area contributed by atoms with E-state index in [9.17, 15) is 0 Å². The maximum absolute atomic E-state index is 6.43. The molecule has 1 aliphatic heterocycles. The zero-order valence-corrected chi connectivity index (χ0v) is 22.7. The van der Waals surface area contributed by atoms with Crippen LogP contribution in [-0.2, 0) is 0 Å². The number of aromatic nitrogens is 2. The second kappa shape index (κ2) is 12.2. The summed E-state index contributed by atoms with van der Waals surface area (Å²) in [7, 11) is 6.00. The van der Waals surface area contributed by atoms with Crippen LogP contribution in [0.3, 0.4) is 0 Å². The number of rotatable bonds is 10. The van der Waals surface area contributed by atoms with Crippen LogP contribution < -0.4 is 20.3 Å². The van der Waals surface area contributed by atoms with Crippen LogP contribution in [0.1, 0.15) is 12.8 Å². The molecule has 1 aliphatic carbocycles. The molecule has 0 saturated carbocycles. The molecule has 0 spiro atoms. The maximum atomic E-state index is 6.43. The van der Waals surface area contributed by atoms with Gasteiger partial charge in [-0.2, -0.15) is 4.98 Å². The van der Waals surface area contributed by atoms with E-state index in [2.05, 4.69) is 79.8 Å². The molecule has 1 aromatic heterocycles. The molecule has 0 atom stereocenters. The van der Waals surface area contributed by atoms with Crippen molar-refractivity contribution in [2.45, 2.75) is 12.8 Å². The zero-order valence-electron chi connectivity index (χ0n) is 21.9. The van der Waals surface area contributed by atoms with E-state index in [1.807, 2.05) is 26.2 Å². The first-order valence-electron chi connectivity index (χ1n) is 12.5. The largest absolute Gasteiger partial charge is 0.440 e. The summed E-state index contributed by atoms with van der Waals surface area (Å²) in [6.07, 6.45) is 7.38. The number of benzene rings is 1. The first-order valence-corrected chi connectivity index (χ1v) is 12.9. The van der Waals surface area contributed by atoms with Crippen LogP contribution in [0.4, 0.5) is 17.3 Å². The van der Waals surface area contributed by atoms with Crippen molar-refractivity contribution >= 4 is 28.9 Å². The fourth-order valence-electron chi connectivity index (χ4n) is 4.27. The van der Waals surface area contributed by atoms with Crippen molar-refractivity contribution in [3.05, 3.63) is 83.5 Å². The Morgan fingerprint density at radius 1 is 1.16 bits per heavy atom. The van der Waals surface area contributed by atoms with Crippen LogP contribution >= 0.6 is 11.6 Å². The monoisotopic (exact) mass is 521 g/mol. The van der Waals surface area contributed by atoms with Gasteiger partial charge in [0.2, 0.25) is 11.8 Å². The lowest BCUT2D eigenvalue weighted by Gasteiger charge is -2.34. The van der Waals surface area contributed by atoms with E-state index in [0.717, 1.165) is 67.4 Å². The molecule has 2 N–H and O–H groups in total. The average molecular weight is 522 g/mol. The lowest BCUT2D eigenvalue weighted by Crippen LogP contribution is -2.44. The smallest absolute Gasteiger partial charge is 0.242 e. The van der Waals surface area contributed by atoms with E-state index >= 15 is 0 Å². The molecule has 2 aliphatic rings. The molecule has 4 rings (SSSR count). The van der Waals surface area contributed by atoms with Crippen LogP contribution in [0, 0.1) is 0 Å². The number of piperazine rings is 1. The van der Waals surface area contributed by atoms with Crippen molar-refractivity contribution in [3.63, 3.8) is 0 Å². The number of allylic oxidation sites excluding steroid dienone is 3. The highest BCUT2D eigenvalue weighted by molar-refractivity contribution is 6.31. The van der Waals surface area contributed by atoms with Gasteiger partial charge in [0.05, 0.1) is 11.9 Å². The van der Waals surface area contributed by atoms with Crippen LogP contribution in [0.2, 0.25) is 5.02 Å². The van der Waals surface area contributed by atoms with Crippen molar-refractivity contribution in [2.24, 2.45) is 0 Å². The Kier molecular flexibility index (Phi) is 8.74. The highest BCUT2D eigenvalue weighted by atomic mass is 35.5. The third-order valence-corrected chi connectivity index (χ3v) is 6.85. The minimum Gasteiger partial charge on any atom is -0.440 e. The summed E-state index contributed by atoms with van der Waals surface area (Å²) < 4.78 is 6.26. The van der Waals surface area contributed by atoms with Gasteiger partial charge in [-0.3, -0.25) is 0 Å². The Morgan fingerprint density at radius 2 is 1.89 bits per heavy atom. The Hall–Kier alpha value is -3.49. The molecule has 1 fully saturated rings. The maximum Gasteiger partial charge on any atom is 0.242 e. The van der Waals surface area contributed by atoms with E-state index in [-0.39, 0.29) is 0 Å². The zero-order chi connectivity index (χ0) is 26.4. The van der Waals surface area contributed by atoms with E-state index in [4.69, 9.17) is 16.3 Å². The Morgan fingerprint density at radius 3 is 2.59 bits per heavy atom. The summed E-state index contributed by atoms with van der Waals surface area (Å²) in [6.45, 7) is 12.9. The quantitative estimate of drug-likeness (QED) is 0.433. The summed E-state index contributed by atoms with van der Waals surface area (Å²) in [5.74, 6) is 1.55. The number of nitrogens with zero attached hydrogens (tertiary/aromatic N) is 5. The van der Waals surface area contributed by atoms with Gasteiger partial charge in [0, 0.05) is 70.3 Å². The second-order valence-corrected chi connectivity index (χ2v) is 9.76. The van der Waals surface area contributed by atoms with Crippen molar-refractivity contribution in [2.75, 3.05) is 64.1 Å². The molecule has 1 aromatic carbocycles. The van der Waals surface area contributed by atoms with Crippen LogP contribution in [-0.4, -0.2) is 73.6 Å². The lowest BCUT2D eigenvalue weighted by atomic mass is 10.1. The van der Waals surface area contributed by atoms with E-state index < -0.39 is 0 Å². The predicted octanol–water partition coefficient (Wildman–Crippen LogP) is 4.79. The van der Waals surface area contributed by atoms with Crippen molar-refractivity contribution < 1.29 is 4.74 Å². The van der Waals surface area contributed by atoms with Gasteiger partial charge in [0.15, 0.2) is 0 Å². The van der Waals surface area contributed by atoms with Crippen molar-refractivity contribution in [1.29, 1.82) is 0 Å². The predicted molar refractivity (Wildman–Crippen MR) is 152 cm³/mol. The van der Waals surface area contributed by atoms with Gasteiger partial charge in [0.1, 0.15) is 10.8 Å². The highest BCUT2D eigenvalue weighted by Crippen LogP contribution is 2.30. The van der Waals surface area contributed by atoms with Gasteiger partial charge in [-0.05, 0) is 49.4 Å². The van der Waals surface area contributed by atoms with Crippen molar-refractivity contribution in [3.8, 4) is 5.88 Å². The topological polar surface area (TPSA) is 68.8 Å². The molecular formula is C28H36ClN7O. The molecule has 37 heavy (non-hydrogen) atoms. The molecule has 0 radical (unpaired) electrons. The van der Waals surface area contributed by atoms with Crippen molar-refractivity contribution in [1.82, 2.24) is 25.1 Å². The first kappa shape index (κ1) is 26.6. The minimum atomic E-state index is 0.322. The summed E-state index contributed by atoms with van der Waals surface area (Å²) in [4.78, 5) is 15.8. The van der Waals surface area contributed by atoms with Crippen LogP contribution in [0.5, 0.6) is 5.88 Å². The Balaban J connectivity index is 1.46. The summed E-state index contributed by atoms with van der Waals surface area (Å²) in [5, 5.41) is 6.67. The fourth-order valence-corrected chi connectivity index (χ4v) is 4.40. The molecule has 196 valence electrons. The molecule has 8 nitrogen and oxygen atoms in total. The Labute approximate surface area is 225 Å². The molecule has 9 heteroatoms. The Bertz CT molecular complexity index is 1180. The fraction of sp³-hybridized carbons (Fsp3) is 0.357. The summed E-state index contributed by atoms with van der Waals surface area (Å²) in [6, 6.07) is 8.33. The minimum absolute atomic E-state index is 0.322. The lowest BCUT2D eigenvalue weighted by molar-refractivity contribution is 0.313. The SMILES string of the molecule is C=C(CN(C)C1=C(Oc2nc(Nc3ccc(N4CCN(C)CC4)cc3)ncc2Cl)CCC=C1)C(=C)NC. The number of hydrogen-bond acceptors (Lipinski definition) is 8. The molecule has 0 amide bonds. The molecule has 0 unspecified atom stereocenters. The van der Waals surface area contributed by atoms with E-state index in [1.54, 1.807) is 6.20 Å². The summed E-state index contributed by atoms with van der Waals surface area (Å²) in [5.41, 5.74) is 4.78. The molecule has 0 bridgehead atoms. The number of likely N-dealkylation sites (N-methyl/N-ethyl adjacent to an activating group) is 3. The molecule has 2 heterocycles. The summed E-state index contributed by atoms with van der Waals surface area (Å²) >= 11 is 6.43. The normalized spacial score (nSPS) is 15.9. The molecule has 2 aromatic rings.